The first kappa shape index (κ1) is 14.4. The van der Waals surface area contributed by atoms with Crippen molar-refractivity contribution in [3.8, 4) is 5.75 Å². The number of ether oxygens (including phenoxy) is 3. The first-order valence-electron chi connectivity index (χ1n) is 7.28. The molecule has 1 N–H and O–H groups in total. The average Bonchev–Trinajstić information content (AvgIpc) is 2.77. The van der Waals surface area contributed by atoms with E-state index in [1.54, 1.807) is 7.11 Å². The number of anilines is 1. The van der Waals surface area contributed by atoms with E-state index in [1.807, 2.05) is 26.0 Å². The van der Waals surface area contributed by atoms with Crippen LogP contribution in [0.25, 0.3) is 0 Å². The van der Waals surface area contributed by atoms with E-state index in [0.717, 1.165) is 29.0 Å². The molecule has 2 heterocycles. The Labute approximate surface area is 124 Å². The van der Waals surface area contributed by atoms with Crippen molar-refractivity contribution in [2.75, 3.05) is 19.0 Å². The highest BCUT2D eigenvalue weighted by Gasteiger charge is 2.33. The van der Waals surface area contributed by atoms with Gasteiger partial charge in [0.1, 0.15) is 5.75 Å². The minimum atomic E-state index is -0.527. The summed E-state index contributed by atoms with van der Waals surface area (Å²) >= 11 is 0. The molecule has 0 aliphatic carbocycles. The molecule has 2 aliphatic rings. The van der Waals surface area contributed by atoms with Gasteiger partial charge in [0.15, 0.2) is 5.79 Å². The summed E-state index contributed by atoms with van der Waals surface area (Å²) in [6, 6.07) is 4.02. The van der Waals surface area contributed by atoms with Crippen molar-refractivity contribution in [3.05, 3.63) is 23.3 Å². The number of fused-ring (bicyclic) bond motifs is 1. The summed E-state index contributed by atoms with van der Waals surface area (Å²) in [7, 11) is 1.67. The molecular formula is C16H21NO4. The lowest BCUT2D eigenvalue weighted by atomic mass is 9.97. The molecule has 1 saturated heterocycles. The Hall–Kier alpha value is -1.59. The van der Waals surface area contributed by atoms with Crippen LogP contribution in [-0.2, 0) is 27.1 Å². The van der Waals surface area contributed by atoms with E-state index in [0.29, 0.717) is 19.4 Å². The largest absolute Gasteiger partial charge is 0.496 e. The summed E-state index contributed by atoms with van der Waals surface area (Å²) in [6.07, 6.45) is 2.00. The molecule has 2 aliphatic heterocycles. The second-order valence-electron chi connectivity index (χ2n) is 6.02. The van der Waals surface area contributed by atoms with E-state index in [2.05, 4.69) is 5.32 Å². The number of aryl methyl sites for hydroxylation is 1. The Morgan fingerprint density at radius 3 is 2.86 bits per heavy atom. The minimum absolute atomic E-state index is 0.00578. The van der Waals surface area contributed by atoms with Crippen LogP contribution in [0.5, 0.6) is 5.75 Å². The first-order chi connectivity index (χ1) is 9.97. The van der Waals surface area contributed by atoms with Gasteiger partial charge < -0.3 is 19.5 Å². The monoisotopic (exact) mass is 291 g/mol. The first-order valence-corrected chi connectivity index (χ1v) is 7.28. The second kappa shape index (κ2) is 5.31. The van der Waals surface area contributed by atoms with E-state index >= 15 is 0 Å². The van der Waals surface area contributed by atoms with Crippen molar-refractivity contribution in [2.24, 2.45) is 0 Å². The van der Waals surface area contributed by atoms with Crippen LogP contribution in [0.1, 0.15) is 31.4 Å². The summed E-state index contributed by atoms with van der Waals surface area (Å²) in [6.45, 7) is 4.40. The van der Waals surface area contributed by atoms with E-state index in [1.165, 1.54) is 0 Å². The number of rotatable bonds is 3. The minimum Gasteiger partial charge on any atom is -0.496 e. The summed E-state index contributed by atoms with van der Waals surface area (Å²) in [4.78, 5) is 11.5. The SMILES string of the molecule is COc1cc2c(cc1CC1COC(C)(C)O1)NC(=O)CC2. The van der Waals surface area contributed by atoms with Gasteiger partial charge in [-0.2, -0.15) is 0 Å². The van der Waals surface area contributed by atoms with Crippen LogP contribution in [0.3, 0.4) is 0 Å². The van der Waals surface area contributed by atoms with E-state index < -0.39 is 5.79 Å². The van der Waals surface area contributed by atoms with Crippen LogP contribution in [0.2, 0.25) is 0 Å². The average molecular weight is 291 g/mol. The van der Waals surface area contributed by atoms with Gasteiger partial charge in [-0.25, -0.2) is 0 Å². The molecular weight excluding hydrogens is 270 g/mol. The number of benzene rings is 1. The maximum absolute atomic E-state index is 11.5. The molecule has 1 amide bonds. The normalized spacial score (nSPS) is 23.6. The molecule has 0 bridgehead atoms. The van der Waals surface area contributed by atoms with Gasteiger partial charge in [0.05, 0.1) is 19.8 Å². The second-order valence-corrected chi connectivity index (χ2v) is 6.02. The van der Waals surface area contributed by atoms with Crippen molar-refractivity contribution in [1.82, 2.24) is 0 Å². The van der Waals surface area contributed by atoms with Crippen molar-refractivity contribution in [2.45, 2.75) is 45.0 Å². The van der Waals surface area contributed by atoms with Gasteiger partial charge in [-0.05, 0) is 43.5 Å². The molecule has 3 rings (SSSR count). The van der Waals surface area contributed by atoms with Crippen LogP contribution in [-0.4, -0.2) is 31.5 Å². The lowest BCUT2D eigenvalue weighted by Crippen LogP contribution is -2.23. The fourth-order valence-corrected chi connectivity index (χ4v) is 2.91. The van der Waals surface area contributed by atoms with Crippen LogP contribution in [0.4, 0.5) is 5.69 Å². The molecule has 114 valence electrons. The third kappa shape index (κ3) is 3.04. The summed E-state index contributed by atoms with van der Waals surface area (Å²) < 4.78 is 16.9. The van der Waals surface area contributed by atoms with Gasteiger partial charge in [0.25, 0.3) is 0 Å². The highest BCUT2D eigenvalue weighted by Crippen LogP contribution is 2.33. The van der Waals surface area contributed by atoms with Crippen molar-refractivity contribution in [1.29, 1.82) is 0 Å². The van der Waals surface area contributed by atoms with Crippen LogP contribution < -0.4 is 10.1 Å². The van der Waals surface area contributed by atoms with Crippen molar-refractivity contribution in [3.63, 3.8) is 0 Å². The predicted molar refractivity (Wildman–Crippen MR) is 78.6 cm³/mol. The molecule has 1 aromatic rings. The molecule has 5 nitrogen and oxygen atoms in total. The van der Waals surface area contributed by atoms with Gasteiger partial charge in [0, 0.05) is 18.5 Å². The molecule has 1 unspecified atom stereocenters. The lowest BCUT2D eigenvalue weighted by molar-refractivity contribution is -0.138. The highest BCUT2D eigenvalue weighted by atomic mass is 16.7. The zero-order chi connectivity index (χ0) is 15.0. The lowest BCUT2D eigenvalue weighted by Gasteiger charge is -2.21. The van der Waals surface area contributed by atoms with Gasteiger partial charge in [-0.1, -0.05) is 0 Å². The molecule has 1 fully saturated rings. The molecule has 0 spiro atoms. The van der Waals surface area contributed by atoms with Crippen LogP contribution in [0.15, 0.2) is 12.1 Å². The fourth-order valence-electron chi connectivity index (χ4n) is 2.91. The highest BCUT2D eigenvalue weighted by molar-refractivity contribution is 5.94. The van der Waals surface area contributed by atoms with E-state index in [4.69, 9.17) is 14.2 Å². The van der Waals surface area contributed by atoms with Gasteiger partial charge in [-0.15, -0.1) is 0 Å². The van der Waals surface area contributed by atoms with Gasteiger partial charge in [-0.3, -0.25) is 4.79 Å². The molecule has 0 radical (unpaired) electrons. The Kier molecular flexibility index (Phi) is 3.63. The topological polar surface area (TPSA) is 56.8 Å². The van der Waals surface area contributed by atoms with Gasteiger partial charge >= 0.3 is 0 Å². The number of carbonyl (C=O) groups is 1. The molecule has 0 aromatic heterocycles. The molecule has 0 saturated carbocycles. The fraction of sp³-hybridized carbons (Fsp3) is 0.562. The maximum Gasteiger partial charge on any atom is 0.224 e. The van der Waals surface area contributed by atoms with Crippen molar-refractivity contribution >= 4 is 11.6 Å². The van der Waals surface area contributed by atoms with E-state index in [-0.39, 0.29) is 12.0 Å². The number of nitrogens with one attached hydrogen (secondary N) is 1. The zero-order valence-electron chi connectivity index (χ0n) is 12.7. The van der Waals surface area contributed by atoms with Gasteiger partial charge in [0.2, 0.25) is 5.91 Å². The predicted octanol–water partition coefficient (Wildman–Crippen LogP) is 2.27. The Morgan fingerprint density at radius 2 is 2.19 bits per heavy atom. The quantitative estimate of drug-likeness (QED) is 0.928. The molecule has 1 atom stereocenters. The third-order valence-electron chi connectivity index (χ3n) is 3.92. The van der Waals surface area contributed by atoms with Crippen LogP contribution in [0, 0.1) is 0 Å². The smallest absolute Gasteiger partial charge is 0.224 e. The number of amides is 1. The number of hydrogen-bond acceptors (Lipinski definition) is 4. The summed E-state index contributed by atoms with van der Waals surface area (Å²) in [5, 5.41) is 2.93. The van der Waals surface area contributed by atoms with E-state index in [9.17, 15) is 4.79 Å². The number of methoxy groups -OCH3 is 1. The van der Waals surface area contributed by atoms with Crippen molar-refractivity contribution < 1.29 is 19.0 Å². The summed E-state index contributed by atoms with van der Waals surface area (Å²) in [5.41, 5.74) is 3.05. The maximum atomic E-state index is 11.5. The Balaban J connectivity index is 1.84. The standard InChI is InChI=1S/C16H21NO4/c1-16(2)20-9-12(21-16)6-11-7-13-10(8-14(11)19-3)4-5-15(18)17-13/h7-8,12H,4-6,9H2,1-3H3,(H,17,18). The molecule has 5 heteroatoms. The number of hydrogen-bond donors (Lipinski definition) is 1. The zero-order valence-corrected chi connectivity index (χ0v) is 12.7. The van der Waals surface area contributed by atoms with Crippen LogP contribution >= 0.6 is 0 Å². The molecule has 21 heavy (non-hydrogen) atoms. The third-order valence-corrected chi connectivity index (χ3v) is 3.92. The molecule has 1 aromatic carbocycles. The summed E-state index contributed by atoms with van der Waals surface area (Å²) in [5.74, 6) is 0.388. The Morgan fingerprint density at radius 1 is 1.38 bits per heavy atom. The Bertz CT molecular complexity index is 568. The number of carbonyl (C=O) groups excluding carboxylic acids is 1.